The molecular formula is C9H8ClN5O3. The van der Waals surface area contributed by atoms with E-state index in [2.05, 4.69) is 15.3 Å². The van der Waals surface area contributed by atoms with Crippen LogP contribution in [0.1, 0.15) is 10.4 Å². The van der Waals surface area contributed by atoms with Crippen LogP contribution in [0.4, 0.5) is 5.69 Å². The van der Waals surface area contributed by atoms with Gasteiger partial charge in [0.25, 0.3) is 11.6 Å². The Kier molecular flexibility index (Phi) is 4.91. The third-order valence-corrected chi connectivity index (χ3v) is 2.29. The van der Waals surface area contributed by atoms with Crippen molar-refractivity contribution in [1.29, 1.82) is 0 Å². The molecule has 0 aliphatic rings. The van der Waals surface area contributed by atoms with Gasteiger partial charge < -0.3 is 5.32 Å². The molecule has 0 bridgehead atoms. The van der Waals surface area contributed by atoms with E-state index in [0.29, 0.717) is 0 Å². The van der Waals surface area contributed by atoms with Crippen molar-refractivity contribution in [2.45, 2.75) is 0 Å². The minimum absolute atomic E-state index is 0.00881. The summed E-state index contributed by atoms with van der Waals surface area (Å²) in [7, 11) is 0. The number of nitro groups is 1. The van der Waals surface area contributed by atoms with E-state index in [1.807, 2.05) is 0 Å². The van der Waals surface area contributed by atoms with Crippen LogP contribution in [0.5, 0.6) is 0 Å². The van der Waals surface area contributed by atoms with Crippen LogP contribution in [0.25, 0.3) is 10.4 Å². The quantitative estimate of drug-likeness (QED) is 0.220. The fourth-order valence-electron chi connectivity index (χ4n) is 1.24. The molecule has 0 saturated carbocycles. The first-order valence-electron chi connectivity index (χ1n) is 4.80. The number of amides is 1. The Morgan fingerprint density at radius 1 is 1.61 bits per heavy atom. The van der Waals surface area contributed by atoms with Gasteiger partial charge in [-0.25, -0.2) is 0 Å². The standard InChI is InChI=1S/C9H8ClN5O3/c10-6-2-1-3-7(15(17)18)8(6)9(16)12-4-5-13-14-11/h1-3H,4-5H2,(H,12,16). The summed E-state index contributed by atoms with van der Waals surface area (Å²) in [5.41, 5.74) is 7.47. The van der Waals surface area contributed by atoms with E-state index in [9.17, 15) is 14.9 Å². The zero-order valence-electron chi connectivity index (χ0n) is 9.04. The minimum atomic E-state index is -0.686. The number of benzene rings is 1. The predicted octanol–water partition coefficient (Wildman–Crippen LogP) is 2.29. The summed E-state index contributed by atoms with van der Waals surface area (Å²) in [5.74, 6) is -0.680. The summed E-state index contributed by atoms with van der Waals surface area (Å²) in [6.45, 7) is 0.131. The van der Waals surface area contributed by atoms with Gasteiger partial charge in [-0.05, 0) is 11.6 Å². The molecule has 0 aliphatic heterocycles. The lowest BCUT2D eigenvalue weighted by atomic mass is 10.1. The maximum Gasteiger partial charge on any atom is 0.283 e. The fourth-order valence-corrected chi connectivity index (χ4v) is 1.50. The minimum Gasteiger partial charge on any atom is -0.352 e. The second-order valence-electron chi connectivity index (χ2n) is 3.10. The maximum absolute atomic E-state index is 11.7. The average molecular weight is 270 g/mol. The second kappa shape index (κ2) is 6.43. The number of rotatable bonds is 5. The largest absolute Gasteiger partial charge is 0.352 e. The molecule has 1 N–H and O–H groups in total. The molecule has 0 unspecified atom stereocenters. The number of carbonyl (C=O) groups excluding carboxylic acids is 1. The topological polar surface area (TPSA) is 121 Å². The Morgan fingerprint density at radius 2 is 2.33 bits per heavy atom. The van der Waals surface area contributed by atoms with Gasteiger partial charge in [-0.1, -0.05) is 22.8 Å². The van der Waals surface area contributed by atoms with Crippen molar-refractivity contribution in [1.82, 2.24) is 5.32 Å². The Morgan fingerprint density at radius 3 is 2.94 bits per heavy atom. The molecule has 0 aliphatic carbocycles. The van der Waals surface area contributed by atoms with Crippen molar-refractivity contribution in [2.75, 3.05) is 13.1 Å². The first kappa shape index (κ1) is 13.8. The fraction of sp³-hybridized carbons (Fsp3) is 0.222. The zero-order valence-corrected chi connectivity index (χ0v) is 9.79. The molecule has 0 aromatic heterocycles. The first-order chi connectivity index (χ1) is 8.57. The van der Waals surface area contributed by atoms with Gasteiger partial charge in [-0.3, -0.25) is 14.9 Å². The summed E-state index contributed by atoms with van der Waals surface area (Å²) in [6, 6.07) is 3.96. The molecule has 1 aromatic rings. The van der Waals surface area contributed by atoms with Crippen LogP contribution in [0.15, 0.2) is 23.3 Å². The molecule has 0 radical (unpaired) electrons. The van der Waals surface area contributed by atoms with E-state index in [-0.39, 0.29) is 29.4 Å². The molecule has 0 spiro atoms. The summed E-state index contributed by atoms with van der Waals surface area (Å²) in [5, 5.41) is 16.3. The normalized spacial score (nSPS) is 9.39. The van der Waals surface area contributed by atoms with E-state index < -0.39 is 10.8 Å². The van der Waals surface area contributed by atoms with Gasteiger partial charge in [-0.2, -0.15) is 0 Å². The van der Waals surface area contributed by atoms with Crippen LogP contribution >= 0.6 is 11.6 Å². The van der Waals surface area contributed by atoms with Crippen molar-refractivity contribution in [2.24, 2.45) is 5.11 Å². The summed E-state index contributed by atoms with van der Waals surface area (Å²) in [6.07, 6.45) is 0. The zero-order chi connectivity index (χ0) is 13.5. The third kappa shape index (κ3) is 3.34. The first-order valence-corrected chi connectivity index (χ1v) is 5.17. The summed E-state index contributed by atoms with van der Waals surface area (Å²) < 4.78 is 0. The highest BCUT2D eigenvalue weighted by Gasteiger charge is 2.22. The van der Waals surface area contributed by atoms with E-state index in [4.69, 9.17) is 17.1 Å². The number of nitrogens with zero attached hydrogens (tertiary/aromatic N) is 4. The highest BCUT2D eigenvalue weighted by molar-refractivity contribution is 6.34. The summed E-state index contributed by atoms with van der Waals surface area (Å²) in [4.78, 5) is 24.3. The van der Waals surface area contributed by atoms with Crippen molar-refractivity contribution in [3.8, 4) is 0 Å². The second-order valence-corrected chi connectivity index (χ2v) is 3.51. The van der Waals surface area contributed by atoms with E-state index in [1.54, 1.807) is 0 Å². The molecule has 0 fully saturated rings. The third-order valence-electron chi connectivity index (χ3n) is 1.98. The van der Waals surface area contributed by atoms with Crippen molar-refractivity contribution in [3.05, 3.63) is 49.3 Å². The van der Waals surface area contributed by atoms with Gasteiger partial charge >= 0.3 is 0 Å². The highest BCUT2D eigenvalue weighted by atomic mass is 35.5. The molecule has 8 nitrogen and oxygen atoms in total. The van der Waals surface area contributed by atoms with Crippen molar-refractivity contribution < 1.29 is 9.72 Å². The molecule has 1 rings (SSSR count). The molecule has 1 aromatic carbocycles. The molecular weight excluding hydrogens is 262 g/mol. The Balaban J connectivity index is 2.90. The van der Waals surface area contributed by atoms with Crippen LogP contribution in [0.2, 0.25) is 5.02 Å². The number of nitrogens with one attached hydrogen (secondary N) is 1. The van der Waals surface area contributed by atoms with Crippen LogP contribution in [0.3, 0.4) is 0 Å². The predicted molar refractivity (Wildman–Crippen MR) is 64.5 cm³/mol. The van der Waals surface area contributed by atoms with Gasteiger partial charge in [0.1, 0.15) is 5.56 Å². The number of azide groups is 1. The average Bonchev–Trinajstić information content (AvgIpc) is 2.34. The molecule has 0 atom stereocenters. The molecule has 94 valence electrons. The van der Waals surface area contributed by atoms with E-state index in [0.717, 1.165) is 0 Å². The molecule has 0 saturated heterocycles. The Bertz CT molecular complexity index is 527. The number of halogens is 1. The van der Waals surface area contributed by atoms with E-state index >= 15 is 0 Å². The van der Waals surface area contributed by atoms with Crippen LogP contribution < -0.4 is 5.32 Å². The van der Waals surface area contributed by atoms with Crippen molar-refractivity contribution >= 4 is 23.2 Å². The Labute approximate surface area is 106 Å². The lowest BCUT2D eigenvalue weighted by Gasteiger charge is -2.05. The van der Waals surface area contributed by atoms with Crippen LogP contribution in [0, 0.1) is 10.1 Å². The number of hydrogen-bond acceptors (Lipinski definition) is 4. The number of nitro benzene ring substituents is 1. The van der Waals surface area contributed by atoms with Gasteiger partial charge in [0.2, 0.25) is 0 Å². The van der Waals surface area contributed by atoms with Gasteiger partial charge in [0.05, 0.1) is 9.95 Å². The number of hydrogen-bond donors (Lipinski definition) is 1. The monoisotopic (exact) mass is 269 g/mol. The molecule has 9 heteroatoms. The van der Waals surface area contributed by atoms with Gasteiger partial charge in [0, 0.05) is 24.1 Å². The number of carbonyl (C=O) groups is 1. The summed E-state index contributed by atoms with van der Waals surface area (Å²) >= 11 is 5.76. The SMILES string of the molecule is [N-]=[N+]=NCCNC(=O)c1c(Cl)cccc1[N+](=O)[O-]. The van der Waals surface area contributed by atoms with Crippen LogP contribution in [-0.2, 0) is 0 Å². The highest BCUT2D eigenvalue weighted by Crippen LogP contribution is 2.25. The maximum atomic E-state index is 11.7. The van der Waals surface area contributed by atoms with Gasteiger partial charge in [0.15, 0.2) is 0 Å². The van der Waals surface area contributed by atoms with Gasteiger partial charge in [-0.15, -0.1) is 0 Å². The Hall–Kier alpha value is -2.31. The van der Waals surface area contributed by atoms with Crippen LogP contribution in [-0.4, -0.2) is 23.9 Å². The smallest absolute Gasteiger partial charge is 0.283 e. The van der Waals surface area contributed by atoms with Crippen molar-refractivity contribution in [3.63, 3.8) is 0 Å². The molecule has 18 heavy (non-hydrogen) atoms. The molecule has 1 amide bonds. The molecule has 0 heterocycles. The lowest BCUT2D eigenvalue weighted by molar-refractivity contribution is -0.385. The van der Waals surface area contributed by atoms with E-state index in [1.165, 1.54) is 18.2 Å². The lowest BCUT2D eigenvalue weighted by Crippen LogP contribution is -2.26.